The Labute approximate surface area is 144 Å². The highest BCUT2D eigenvalue weighted by atomic mass is 32.1. The Balaban J connectivity index is 2.20. The molecule has 122 valence electrons. The zero-order chi connectivity index (χ0) is 17.5. The van der Waals surface area contributed by atoms with Crippen molar-refractivity contribution in [3.05, 3.63) is 65.0 Å². The van der Waals surface area contributed by atoms with Gasteiger partial charge in [0.05, 0.1) is 12.7 Å². The SMILES string of the molecule is COc1cc(/C=C(/C#N)C(N)=S)ccc1OCc1cccc(F)c1. The van der Waals surface area contributed by atoms with E-state index in [-0.39, 0.29) is 23.0 Å². The van der Waals surface area contributed by atoms with Gasteiger partial charge >= 0.3 is 0 Å². The predicted octanol–water partition coefficient (Wildman–Crippen LogP) is 3.61. The number of rotatable bonds is 6. The molecule has 0 aliphatic rings. The molecule has 0 aliphatic heterocycles. The quantitative estimate of drug-likeness (QED) is 0.493. The summed E-state index contributed by atoms with van der Waals surface area (Å²) in [6, 6.07) is 13.3. The molecule has 4 nitrogen and oxygen atoms in total. The Hall–Kier alpha value is -2.91. The first-order chi connectivity index (χ1) is 11.5. The second-order valence-corrected chi connectivity index (χ2v) is 5.30. The van der Waals surface area contributed by atoms with E-state index in [1.54, 1.807) is 36.4 Å². The molecule has 0 saturated heterocycles. The molecule has 0 atom stereocenters. The molecule has 0 aliphatic carbocycles. The Morgan fingerprint density at radius 1 is 1.29 bits per heavy atom. The topological polar surface area (TPSA) is 68.3 Å². The van der Waals surface area contributed by atoms with Gasteiger partial charge in [0.1, 0.15) is 23.5 Å². The molecule has 0 radical (unpaired) electrons. The number of nitriles is 1. The van der Waals surface area contributed by atoms with Crippen LogP contribution < -0.4 is 15.2 Å². The summed E-state index contributed by atoms with van der Waals surface area (Å²) < 4.78 is 24.2. The fourth-order valence-electron chi connectivity index (χ4n) is 2.01. The van der Waals surface area contributed by atoms with Crippen LogP contribution in [0.25, 0.3) is 6.08 Å². The minimum atomic E-state index is -0.315. The highest BCUT2D eigenvalue weighted by Crippen LogP contribution is 2.29. The summed E-state index contributed by atoms with van der Waals surface area (Å²) in [5.41, 5.74) is 7.10. The molecule has 0 bridgehead atoms. The fourth-order valence-corrected chi connectivity index (χ4v) is 2.11. The Morgan fingerprint density at radius 3 is 2.71 bits per heavy atom. The van der Waals surface area contributed by atoms with Gasteiger partial charge in [-0.15, -0.1) is 0 Å². The molecule has 2 aromatic carbocycles. The molecule has 0 heterocycles. The second-order valence-electron chi connectivity index (χ2n) is 4.86. The first-order valence-corrected chi connectivity index (χ1v) is 7.41. The summed E-state index contributed by atoms with van der Waals surface area (Å²) in [6.07, 6.45) is 1.57. The van der Waals surface area contributed by atoms with Crippen molar-refractivity contribution in [1.29, 1.82) is 5.26 Å². The molecule has 2 aromatic rings. The number of halogens is 1. The number of hydrogen-bond acceptors (Lipinski definition) is 4. The number of ether oxygens (including phenoxy) is 2. The van der Waals surface area contributed by atoms with E-state index >= 15 is 0 Å². The lowest BCUT2D eigenvalue weighted by Crippen LogP contribution is -2.09. The van der Waals surface area contributed by atoms with Gasteiger partial charge in [-0.2, -0.15) is 5.26 Å². The van der Waals surface area contributed by atoms with Crippen LogP contribution in [-0.4, -0.2) is 12.1 Å². The molecule has 0 aromatic heterocycles. The van der Waals surface area contributed by atoms with E-state index in [1.165, 1.54) is 19.2 Å². The van der Waals surface area contributed by atoms with E-state index in [0.717, 1.165) is 0 Å². The Morgan fingerprint density at radius 2 is 2.08 bits per heavy atom. The van der Waals surface area contributed by atoms with Gasteiger partial charge in [0.2, 0.25) is 0 Å². The average Bonchev–Trinajstić information content (AvgIpc) is 2.58. The zero-order valence-electron chi connectivity index (χ0n) is 13.0. The maximum absolute atomic E-state index is 13.2. The lowest BCUT2D eigenvalue weighted by atomic mass is 10.1. The first-order valence-electron chi connectivity index (χ1n) is 7.00. The van der Waals surface area contributed by atoms with Crippen LogP contribution in [0.4, 0.5) is 4.39 Å². The van der Waals surface area contributed by atoms with Crippen LogP contribution in [0, 0.1) is 17.1 Å². The molecule has 24 heavy (non-hydrogen) atoms. The largest absolute Gasteiger partial charge is 0.493 e. The molecule has 2 rings (SSSR count). The van der Waals surface area contributed by atoms with Crippen LogP contribution in [0.3, 0.4) is 0 Å². The van der Waals surface area contributed by atoms with Crippen LogP contribution in [0.5, 0.6) is 11.5 Å². The molecule has 0 saturated carbocycles. The van der Waals surface area contributed by atoms with Gasteiger partial charge in [-0.3, -0.25) is 0 Å². The number of methoxy groups -OCH3 is 1. The van der Waals surface area contributed by atoms with Crippen molar-refractivity contribution in [2.45, 2.75) is 6.61 Å². The number of nitrogens with zero attached hydrogens (tertiary/aromatic N) is 1. The fraction of sp³-hybridized carbons (Fsp3) is 0.111. The highest BCUT2D eigenvalue weighted by molar-refractivity contribution is 7.80. The summed E-state index contributed by atoms with van der Waals surface area (Å²) >= 11 is 4.81. The zero-order valence-corrected chi connectivity index (χ0v) is 13.8. The van der Waals surface area contributed by atoms with Gasteiger partial charge in [-0.05, 0) is 41.5 Å². The molecule has 6 heteroatoms. The van der Waals surface area contributed by atoms with Crippen LogP contribution >= 0.6 is 12.2 Å². The molecular formula is C18H15FN2O2S. The standard InChI is InChI=1S/C18H15FN2O2S/c1-22-17-9-12(7-14(10-20)18(21)24)5-6-16(17)23-11-13-3-2-4-15(19)8-13/h2-9H,11H2,1H3,(H2,21,24)/b14-7-. The van der Waals surface area contributed by atoms with Gasteiger partial charge < -0.3 is 15.2 Å². The maximum Gasteiger partial charge on any atom is 0.161 e. The van der Waals surface area contributed by atoms with Crippen molar-refractivity contribution < 1.29 is 13.9 Å². The van der Waals surface area contributed by atoms with Crippen molar-refractivity contribution >= 4 is 23.3 Å². The number of thiocarbonyl (C=S) groups is 1. The Kier molecular flexibility index (Phi) is 5.88. The Bertz CT molecular complexity index is 828. The van der Waals surface area contributed by atoms with Gasteiger partial charge in [-0.1, -0.05) is 30.4 Å². The van der Waals surface area contributed by atoms with E-state index in [0.29, 0.717) is 22.6 Å². The predicted molar refractivity (Wildman–Crippen MR) is 94.1 cm³/mol. The van der Waals surface area contributed by atoms with Crippen LogP contribution in [0.2, 0.25) is 0 Å². The second kappa shape index (κ2) is 8.09. The number of benzene rings is 2. The minimum absolute atomic E-state index is 0.0305. The van der Waals surface area contributed by atoms with Gasteiger partial charge in [0.25, 0.3) is 0 Å². The van der Waals surface area contributed by atoms with E-state index < -0.39 is 0 Å². The van der Waals surface area contributed by atoms with Gasteiger partial charge in [0, 0.05) is 0 Å². The number of nitrogens with two attached hydrogens (primary N) is 1. The van der Waals surface area contributed by atoms with Crippen LogP contribution in [-0.2, 0) is 6.61 Å². The van der Waals surface area contributed by atoms with Gasteiger partial charge in [0.15, 0.2) is 11.5 Å². The molecule has 0 spiro atoms. The smallest absolute Gasteiger partial charge is 0.161 e. The van der Waals surface area contributed by atoms with E-state index in [1.807, 2.05) is 6.07 Å². The van der Waals surface area contributed by atoms with Crippen molar-refractivity contribution in [2.75, 3.05) is 7.11 Å². The number of hydrogen-bond donors (Lipinski definition) is 1. The first kappa shape index (κ1) is 17.4. The third-order valence-corrected chi connectivity index (χ3v) is 3.39. The van der Waals surface area contributed by atoms with Crippen molar-refractivity contribution in [2.24, 2.45) is 5.73 Å². The lowest BCUT2D eigenvalue weighted by Gasteiger charge is -2.11. The molecule has 0 fully saturated rings. The summed E-state index contributed by atoms with van der Waals surface area (Å²) in [6.45, 7) is 0.208. The molecule has 2 N–H and O–H groups in total. The van der Waals surface area contributed by atoms with Crippen molar-refractivity contribution in [3.63, 3.8) is 0 Å². The summed E-state index contributed by atoms with van der Waals surface area (Å²) in [5.74, 6) is 0.679. The molecule has 0 amide bonds. The maximum atomic E-state index is 13.2. The third kappa shape index (κ3) is 4.54. The van der Waals surface area contributed by atoms with Crippen molar-refractivity contribution in [3.8, 4) is 17.6 Å². The normalized spacial score (nSPS) is 10.8. The molecule has 0 unspecified atom stereocenters. The van der Waals surface area contributed by atoms with Crippen LogP contribution in [0.1, 0.15) is 11.1 Å². The minimum Gasteiger partial charge on any atom is -0.493 e. The van der Waals surface area contributed by atoms with Crippen molar-refractivity contribution in [1.82, 2.24) is 0 Å². The van der Waals surface area contributed by atoms with Crippen LogP contribution in [0.15, 0.2) is 48.0 Å². The average molecular weight is 342 g/mol. The molecular weight excluding hydrogens is 327 g/mol. The highest BCUT2D eigenvalue weighted by Gasteiger charge is 2.07. The monoisotopic (exact) mass is 342 g/mol. The third-order valence-electron chi connectivity index (χ3n) is 3.17. The van der Waals surface area contributed by atoms with E-state index in [4.69, 9.17) is 32.7 Å². The summed E-state index contributed by atoms with van der Waals surface area (Å²) in [4.78, 5) is 0.0305. The van der Waals surface area contributed by atoms with Gasteiger partial charge in [-0.25, -0.2) is 4.39 Å². The lowest BCUT2D eigenvalue weighted by molar-refractivity contribution is 0.284. The summed E-state index contributed by atoms with van der Waals surface area (Å²) in [5, 5.41) is 9.00. The summed E-state index contributed by atoms with van der Waals surface area (Å²) in [7, 11) is 1.51. The van der Waals surface area contributed by atoms with E-state index in [2.05, 4.69) is 0 Å². The van der Waals surface area contributed by atoms with E-state index in [9.17, 15) is 4.39 Å².